The standard InChI is InChI=1S/C22H20N4O3S/c27-20(19-4-2-8-30-19)24-17-5-6-18-16-9-14(12-26(18)22(17)29)11-25(13-16)21(28)15-3-1-7-23-10-15/h1-8,10,14,16H,9,11-13H2,(H,24,27)/t14-,16+/m0/s1. The Hall–Kier alpha value is -3.26. The number of nitrogens with zero attached hydrogens (tertiary/aromatic N) is 3. The number of carbonyl (C=O) groups is 2. The second-order valence-corrected chi connectivity index (χ2v) is 8.72. The van der Waals surface area contributed by atoms with E-state index in [0.717, 1.165) is 12.1 Å². The molecular formula is C22H20N4O3S. The molecule has 2 aliphatic rings. The van der Waals surface area contributed by atoms with E-state index in [9.17, 15) is 14.4 Å². The number of amides is 2. The number of thiophene rings is 1. The highest BCUT2D eigenvalue weighted by atomic mass is 32.1. The number of piperidine rings is 1. The van der Waals surface area contributed by atoms with Gasteiger partial charge in [-0.05, 0) is 48.1 Å². The molecule has 152 valence electrons. The van der Waals surface area contributed by atoms with Gasteiger partial charge in [-0.1, -0.05) is 6.07 Å². The molecule has 5 heterocycles. The van der Waals surface area contributed by atoms with Crippen LogP contribution in [0.1, 0.15) is 38.1 Å². The molecule has 2 amide bonds. The molecule has 0 aromatic carbocycles. The number of likely N-dealkylation sites (tertiary alicyclic amines) is 1. The number of anilines is 1. The maximum atomic E-state index is 13.0. The molecule has 5 rings (SSSR count). The molecule has 1 N–H and O–H groups in total. The van der Waals surface area contributed by atoms with E-state index in [1.807, 2.05) is 16.3 Å². The lowest BCUT2D eigenvalue weighted by molar-refractivity contribution is 0.0594. The largest absolute Gasteiger partial charge is 0.338 e. The molecule has 1 fully saturated rings. The summed E-state index contributed by atoms with van der Waals surface area (Å²) in [6, 6.07) is 10.7. The SMILES string of the molecule is O=C(Nc1ccc2n(c1=O)C[C@H]1C[C@@H]2CN(C(=O)c2cccnc2)C1)c1cccs1. The van der Waals surface area contributed by atoms with Gasteiger partial charge in [-0.25, -0.2) is 0 Å². The van der Waals surface area contributed by atoms with Crippen LogP contribution in [0.3, 0.4) is 0 Å². The van der Waals surface area contributed by atoms with Gasteiger partial charge in [0.1, 0.15) is 5.69 Å². The molecule has 3 aromatic heterocycles. The van der Waals surface area contributed by atoms with Gasteiger partial charge < -0.3 is 14.8 Å². The number of fused-ring (bicyclic) bond motifs is 4. The van der Waals surface area contributed by atoms with Crippen molar-refractivity contribution in [3.05, 3.63) is 80.7 Å². The Morgan fingerprint density at radius 1 is 1.10 bits per heavy atom. The first-order valence-electron chi connectivity index (χ1n) is 9.88. The highest BCUT2D eigenvalue weighted by molar-refractivity contribution is 7.12. The molecule has 30 heavy (non-hydrogen) atoms. The van der Waals surface area contributed by atoms with Crippen molar-refractivity contribution in [1.82, 2.24) is 14.5 Å². The van der Waals surface area contributed by atoms with Crippen molar-refractivity contribution in [2.45, 2.75) is 18.9 Å². The first-order chi connectivity index (χ1) is 14.6. The molecule has 2 bridgehead atoms. The summed E-state index contributed by atoms with van der Waals surface area (Å²) >= 11 is 1.34. The minimum atomic E-state index is -0.271. The minimum Gasteiger partial charge on any atom is -0.338 e. The Morgan fingerprint density at radius 3 is 2.77 bits per heavy atom. The van der Waals surface area contributed by atoms with Crippen LogP contribution in [0.25, 0.3) is 0 Å². The number of hydrogen-bond donors (Lipinski definition) is 1. The number of pyridine rings is 2. The van der Waals surface area contributed by atoms with E-state index in [0.29, 0.717) is 35.8 Å². The van der Waals surface area contributed by atoms with Crippen LogP contribution < -0.4 is 10.9 Å². The molecule has 2 atom stereocenters. The van der Waals surface area contributed by atoms with Crippen LogP contribution in [0.4, 0.5) is 5.69 Å². The number of carbonyl (C=O) groups excluding carboxylic acids is 2. The topological polar surface area (TPSA) is 84.3 Å². The monoisotopic (exact) mass is 420 g/mol. The van der Waals surface area contributed by atoms with E-state index in [2.05, 4.69) is 10.3 Å². The second-order valence-electron chi connectivity index (χ2n) is 7.77. The summed E-state index contributed by atoms with van der Waals surface area (Å²) in [6.45, 7) is 1.73. The number of hydrogen-bond acceptors (Lipinski definition) is 5. The Morgan fingerprint density at radius 2 is 2.00 bits per heavy atom. The third-order valence-electron chi connectivity index (χ3n) is 5.79. The Bertz CT molecular complexity index is 1160. The van der Waals surface area contributed by atoms with E-state index >= 15 is 0 Å². The lowest BCUT2D eigenvalue weighted by Crippen LogP contribution is -2.49. The van der Waals surface area contributed by atoms with E-state index in [1.165, 1.54) is 11.3 Å². The quantitative estimate of drug-likeness (QED) is 0.706. The molecule has 8 heteroatoms. The van der Waals surface area contributed by atoms with Crippen molar-refractivity contribution >= 4 is 28.8 Å². The smallest absolute Gasteiger partial charge is 0.274 e. The average molecular weight is 420 g/mol. The summed E-state index contributed by atoms with van der Waals surface area (Å²) < 4.78 is 1.77. The molecular weight excluding hydrogens is 400 g/mol. The fourth-order valence-electron chi connectivity index (χ4n) is 4.47. The Kier molecular flexibility index (Phi) is 4.71. The first kappa shape index (κ1) is 18.7. The van der Waals surface area contributed by atoms with Crippen LogP contribution in [0.2, 0.25) is 0 Å². The van der Waals surface area contributed by atoms with Crippen molar-refractivity contribution in [3.8, 4) is 0 Å². The maximum absolute atomic E-state index is 13.0. The number of nitrogens with one attached hydrogen (secondary N) is 1. The van der Waals surface area contributed by atoms with Crippen LogP contribution in [0.5, 0.6) is 0 Å². The van der Waals surface area contributed by atoms with Crippen LogP contribution in [0, 0.1) is 5.92 Å². The zero-order valence-electron chi connectivity index (χ0n) is 16.2. The summed E-state index contributed by atoms with van der Waals surface area (Å²) in [5.41, 5.74) is 1.62. The zero-order chi connectivity index (χ0) is 20.7. The van der Waals surface area contributed by atoms with Crippen molar-refractivity contribution in [2.24, 2.45) is 5.92 Å². The van der Waals surface area contributed by atoms with E-state index in [4.69, 9.17) is 0 Å². The Balaban J connectivity index is 1.39. The molecule has 0 spiro atoms. The third-order valence-corrected chi connectivity index (χ3v) is 6.66. The van der Waals surface area contributed by atoms with Crippen LogP contribution in [0.15, 0.2) is 59.0 Å². The van der Waals surface area contributed by atoms with Gasteiger partial charge >= 0.3 is 0 Å². The number of rotatable bonds is 3. The van der Waals surface area contributed by atoms with Gasteiger partial charge in [-0.3, -0.25) is 19.4 Å². The summed E-state index contributed by atoms with van der Waals surface area (Å²) in [7, 11) is 0. The van der Waals surface area contributed by atoms with Crippen LogP contribution >= 0.6 is 11.3 Å². The zero-order valence-corrected chi connectivity index (χ0v) is 17.0. The fourth-order valence-corrected chi connectivity index (χ4v) is 5.09. The predicted octanol–water partition coefficient (Wildman–Crippen LogP) is 2.82. The van der Waals surface area contributed by atoms with Crippen molar-refractivity contribution in [3.63, 3.8) is 0 Å². The summed E-state index contributed by atoms with van der Waals surface area (Å²) in [4.78, 5) is 44.7. The van der Waals surface area contributed by atoms with E-state index in [1.54, 1.807) is 47.3 Å². The molecule has 0 saturated carbocycles. The van der Waals surface area contributed by atoms with Gasteiger partial charge in [-0.2, -0.15) is 0 Å². The summed E-state index contributed by atoms with van der Waals surface area (Å²) in [5, 5.41) is 4.57. The Labute approximate surface area is 177 Å². The summed E-state index contributed by atoms with van der Waals surface area (Å²) in [6.07, 6.45) is 4.20. The van der Waals surface area contributed by atoms with Crippen LogP contribution in [-0.2, 0) is 6.54 Å². The fraction of sp³-hybridized carbons (Fsp3) is 0.273. The molecule has 0 aliphatic carbocycles. The third kappa shape index (κ3) is 3.33. The molecule has 1 saturated heterocycles. The average Bonchev–Trinajstić information content (AvgIpc) is 3.31. The van der Waals surface area contributed by atoms with Gasteiger partial charge in [0, 0.05) is 43.6 Å². The molecule has 0 radical (unpaired) electrons. The van der Waals surface area contributed by atoms with Gasteiger partial charge in [0.15, 0.2) is 0 Å². The van der Waals surface area contributed by atoms with E-state index < -0.39 is 0 Å². The van der Waals surface area contributed by atoms with Crippen molar-refractivity contribution < 1.29 is 9.59 Å². The van der Waals surface area contributed by atoms with Gasteiger partial charge in [0.05, 0.1) is 10.4 Å². The molecule has 0 unspecified atom stereocenters. The molecule has 3 aromatic rings. The highest BCUT2D eigenvalue weighted by Gasteiger charge is 2.37. The minimum absolute atomic E-state index is 0.0200. The van der Waals surface area contributed by atoms with E-state index in [-0.39, 0.29) is 29.2 Å². The second kappa shape index (κ2) is 7.53. The highest BCUT2D eigenvalue weighted by Crippen LogP contribution is 2.36. The van der Waals surface area contributed by atoms with Gasteiger partial charge in [0.25, 0.3) is 17.4 Å². The van der Waals surface area contributed by atoms with Crippen molar-refractivity contribution in [1.29, 1.82) is 0 Å². The van der Waals surface area contributed by atoms with Crippen LogP contribution in [-0.4, -0.2) is 39.4 Å². The van der Waals surface area contributed by atoms with Gasteiger partial charge in [-0.15, -0.1) is 11.3 Å². The summed E-state index contributed by atoms with van der Waals surface area (Å²) in [5.74, 6) is 0.0195. The molecule has 2 aliphatic heterocycles. The maximum Gasteiger partial charge on any atom is 0.274 e. The lowest BCUT2D eigenvalue weighted by Gasteiger charge is -2.42. The first-order valence-corrected chi connectivity index (χ1v) is 10.8. The van der Waals surface area contributed by atoms with Crippen molar-refractivity contribution in [2.75, 3.05) is 18.4 Å². The lowest BCUT2D eigenvalue weighted by atomic mass is 9.83. The predicted molar refractivity (Wildman–Crippen MR) is 114 cm³/mol. The normalized spacial score (nSPS) is 19.8. The molecule has 7 nitrogen and oxygen atoms in total. The van der Waals surface area contributed by atoms with Gasteiger partial charge in [0.2, 0.25) is 0 Å². The number of aromatic nitrogens is 2.